The Morgan fingerprint density at radius 2 is 1.85 bits per heavy atom. The molecule has 0 amide bonds. The molecular weight excluding hydrogens is 356 g/mol. The molecule has 1 aromatic carbocycles. The second-order valence-electron chi connectivity index (χ2n) is 7.12. The van der Waals surface area contributed by atoms with E-state index in [0.717, 1.165) is 49.0 Å². The smallest absolute Gasteiger partial charge is 0.274 e. The topological polar surface area (TPSA) is 44.6 Å². The van der Waals surface area contributed by atoms with E-state index in [2.05, 4.69) is 53.2 Å². The first-order valence-corrected chi connectivity index (χ1v) is 9.79. The predicted octanol–water partition coefficient (Wildman–Crippen LogP) is 1.10. The van der Waals surface area contributed by atoms with Gasteiger partial charge in [-0.3, -0.25) is 4.90 Å². The number of nitrogens with zero attached hydrogens (tertiary/aromatic N) is 4. The molecule has 6 nitrogen and oxygen atoms in total. The quantitative estimate of drug-likeness (QED) is 0.688. The molecule has 1 aliphatic rings. The van der Waals surface area contributed by atoms with Crippen molar-refractivity contribution < 1.29 is 9.88 Å². The molecule has 4 rings (SSSR count). The molecule has 7 heteroatoms. The Balaban J connectivity index is 1.47. The van der Waals surface area contributed by atoms with Gasteiger partial charge in [-0.05, 0) is 30.8 Å². The molecule has 0 unspecified atom stereocenters. The summed E-state index contributed by atoms with van der Waals surface area (Å²) in [6.45, 7) is 7.12. The van der Waals surface area contributed by atoms with Crippen LogP contribution in [0.5, 0.6) is 0 Å². The Morgan fingerprint density at radius 3 is 2.56 bits per heavy atom. The van der Waals surface area contributed by atoms with Crippen molar-refractivity contribution in [3.05, 3.63) is 59.0 Å². The van der Waals surface area contributed by atoms with Crippen LogP contribution in [0.25, 0.3) is 11.4 Å². The van der Waals surface area contributed by atoms with E-state index in [1.54, 1.807) is 0 Å². The Morgan fingerprint density at radius 1 is 1.11 bits per heavy atom. The number of hydrogen-bond acceptors (Lipinski definition) is 3. The van der Waals surface area contributed by atoms with E-state index in [1.165, 1.54) is 16.3 Å². The summed E-state index contributed by atoms with van der Waals surface area (Å²) in [5.41, 5.74) is 2.36. The summed E-state index contributed by atoms with van der Waals surface area (Å²) in [4.78, 5) is 7.23. The number of rotatable bonds is 4. The number of anilines is 1. The van der Waals surface area contributed by atoms with Crippen molar-refractivity contribution in [1.29, 1.82) is 0 Å². The van der Waals surface area contributed by atoms with Gasteiger partial charge in [0.2, 0.25) is 4.77 Å². The van der Waals surface area contributed by atoms with Gasteiger partial charge in [0.1, 0.15) is 26.2 Å². The van der Waals surface area contributed by atoms with Gasteiger partial charge >= 0.3 is 0 Å². The third kappa shape index (κ3) is 3.65. The summed E-state index contributed by atoms with van der Waals surface area (Å²) < 4.78 is 4.78. The van der Waals surface area contributed by atoms with Crippen LogP contribution in [0.3, 0.4) is 0 Å². The van der Waals surface area contributed by atoms with Gasteiger partial charge in [-0.25, -0.2) is 4.98 Å². The van der Waals surface area contributed by atoms with Crippen LogP contribution in [0.15, 0.2) is 48.7 Å². The zero-order valence-corrected chi connectivity index (χ0v) is 16.7. The number of aryl methyl sites for hydroxylation is 1. The first kappa shape index (κ1) is 17.9. The van der Waals surface area contributed by atoms with E-state index in [4.69, 9.17) is 17.3 Å². The fourth-order valence-electron chi connectivity index (χ4n) is 3.66. The minimum Gasteiger partial charge on any atom is -0.310 e. The molecule has 3 heterocycles. The molecule has 0 spiro atoms. The van der Waals surface area contributed by atoms with Gasteiger partial charge in [0.15, 0.2) is 12.5 Å². The SMILES string of the molecule is Cc1ccccc1-c1nn(C[NH+]2CCN(c3cccc[nH+]3)CC2)c(=S)n1C. The van der Waals surface area contributed by atoms with Crippen LogP contribution >= 0.6 is 12.2 Å². The molecule has 140 valence electrons. The molecule has 1 fully saturated rings. The lowest BCUT2D eigenvalue weighted by Crippen LogP contribution is -3.14. The Labute approximate surface area is 164 Å². The number of hydrogen-bond donors (Lipinski definition) is 1. The third-order valence-corrected chi connectivity index (χ3v) is 5.79. The summed E-state index contributed by atoms with van der Waals surface area (Å²) in [5.74, 6) is 2.13. The monoisotopic (exact) mass is 382 g/mol. The number of H-pyrrole nitrogens is 1. The number of nitrogens with one attached hydrogen (secondary N) is 2. The summed E-state index contributed by atoms with van der Waals surface area (Å²) >= 11 is 5.66. The van der Waals surface area contributed by atoms with Crippen molar-refractivity contribution in [1.82, 2.24) is 14.3 Å². The number of pyridine rings is 1. The highest BCUT2D eigenvalue weighted by atomic mass is 32.1. The van der Waals surface area contributed by atoms with Gasteiger partial charge in [0.05, 0.1) is 6.20 Å². The summed E-state index contributed by atoms with van der Waals surface area (Å²) in [6.07, 6.45) is 1.98. The molecule has 1 saturated heterocycles. The van der Waals surface area contributed by atoms with Gasteiger partial charge in [-0.1, -0.05) is 30.3 Å². The van der Waals surface area contributed by atoms with Gasteiger partial charge in [0.25, 0.3) is 5.82 Å². The van der Waals surface area contributed by atoms with Crippen LogP contribution < -0.4 is 14.8 Å². The average molecular weight is 383 g/mol. The minimum absolute atomic E-state index is 0.777. The highest BCUT2D eigenvalue weighted by Gasteiger charge is 2.26. The minimum atomic E-state index is 0.777. The molecule has 2 N–H and O–H groups in total. The van der Waals surface area contributed by atoms with Gasteiger partial charge in [-0.2, -0.15) is 4.68 Å². The largest absolute Gasteiger partial charge is 0.310 e. The standard InChI is InChI=1S/C20H24N6S/c1-16-7-3-4-8-17(16)19-22-26(20(27)23(19)2)15-24-11-13-25(14-12-24)18-9-5-6-10-21-18/h3-10H,11-15H2,1-2H3/p+2. The fourth-order valence-corrected chi connectivity index (χ4v) is 3.86. The number of aromatic amines is 1. The Kier molecular flexibility index (Phi) is 5.05. The molecule has 27 heavy (non-hydrogen) atoms. The second kappa shape index (κ2) is 7.62. The highest BCUT2D eigenvalue weighted by Crippen LogP contribution is 2.21. The van der Waals surface area contributed by atoms with Crippen LogP contribution in [0.1, 0.15) is 5.56 Å². The van der Waals surface area contributed by atoms with E-state index >= 15 is 0 Å². The van der Waals surface area contributed by atoms with E-state index in [1.807, 2.05) is 28.6 Å². The summed E-state index contributed by atoms with van der Waals surface area (Å²) in [5, 5.41) is 4.85. The zero-order valence-electron chi connectivity index (χ0n) is 15.9. The first-order valence-electron chi connectivity index (χ1n) is 9.38. The molecule has 0 saturated carbocycles. The zero-order chi connectivity index (χ0) is 18.8. The van der Waals surface area contributed by atoms with Crippen LogP contribution in [0.2, 0.25) is 0 Å². The maximum Gasteiger partial charge on any atom is 0.274 e. The van der Waals surface area contributed by atoms with Crippen LogP contribution in [-0.2, 0) is 13.7 Å². The number of quaternary nitrogens is 1. The van der Waals surface area contributed by atoms with Crippen molar-refractivity contribution in [2.75, 3.05) is 31.1 Å². The average Bonchev–Trinajstić information content (AvgIpc) is 2.98. The molecule has 2 aromatic heterocycles. The van der Waals surface area contributed by atoms with E-state index in [-0.39, 0.29) is 0 Å². The Bertz CT molecular complexity index is 970. The third-order valence-electron chi connectivity index (χ3n) is 5.30. The summed E-state index contributed by atoms with van der Waals surface area (Å²) in [6, 6.07) is 14.6. The lowest BCUT2D eigenvalue weighted by molar-refractivity contribution is -0.924. The van der Waals surface area contributed by atoms with E-state index in [0.29, 0.717) is 0 Å². The van der Waals surface area contributed by atoms with Gasteiger partial charge in [-0.15, -0.1) is 5.10 Å². The fraction of sp³-hybridized carbons (Fsp3) is 0.350. The van der Waals surface area contributed by atoms with E-state index < -0.39 is 0 Å². The van der Waals surface area contributed by atoms with Crippen LogP contribution in [-0.4, -0.2) is 40.5 Å². The number of piperazine rings is 1. The molecule has 0 aliphatic carbocycles. The molecule has 0 radical (unpaired) electrons. The Hall–Kier alpha value is -2.51. The van der Waals surface area contributed by atoms with Crippen molar-refractivity contribution in [2.24, 2.45) is 7.05 Å². The molecule has 0 atom stereocenters. The maximum atomic E-state index is 5.66. The normalized spacial score (nSPS) is 15.3. The van der Waals surface area contributed by atoms with Crippen molar-refractivity contribution in [3.63, 3.8) is 0 Å². The van der Waals surface area contributed by atoms with Crippen molar-refractivity contribution >= 4 is 18.0 Å². The van der Waals surface area contributed by atoms with E-state index in [9.17, 15) is 0 Å². The van der Waals surface area contributed by atoms with Crippen LogP contribution in [0, 0.1) is 11.7 Å². The predicted molar refractivity (Wildman–Crippen MR) is 108 cm³/mol. The molecule has 0 bridgehead atoms. The molecule has 3 aromatic rings. The van der Waals surface area contributed by atoms with Crippen molar-refractivity contribution in [2.45, 2.75) is 13.6 Å². The summed E-state index contributed by atoms with van der Waals surface area (Å²) in [7, 11) is 2.01. The lowest BCUT2D eigenvalue weighted by Gasteiger charge is -2.27. The second-order valence-corrected chi connectivity index (χ2v) is 7.49. The molecular formula is C20H26N6S+2. The molecule has 1 aliphatic heterocycles. The first-order chi connectivity index (χ1) is 13.1. The van der Waals surface area contributed by atoms with Gasteiger partial charge < -0.3 is 9.47 Å². The van der Waals surface area contributed by atoms with Crippen molar-refractivity contribution in [3.8, 4) is 11.4 Å². The highest BCUT2D eigenvalue weighted by molar-refractivity contribution is 7.71. The number of benzene rings is 1. The van der Waals surface area contributed by atoms with Crippen LogP contribution in [0.4, 0.5) is 5.82 Å². The van der Waals surface area contributed by atoms with Gasteiger partial charge in [0, 0.05) is 18.7 Å². The maximum absolute atomic E-state index is 5.66. The number of aromatic nitrogens is 4. The lowest BCUT2D eigenvalue weighted by atomic mass is 10.1.